The summed E-state index contributed by atoms with van der Waals surface area (Å²) in [6.07, 6.45) is 0.810. The molecule has 0 spiro atoms. The summed E-state index contributed by atoms with van der Waals surface area (Å²) in [4.78, 5) is 93.9. The molecule has 10 atom stereocenters. The van der Waals surface area contributed by atoms with Crippen molar-refractivity contribution in [1.29, 1.82) is 1.34 Å². The van der Waals surface area contributed by atoms with E-state index >= 15 is 0 Å². The minimum atomic E-state index is -4.28. The molecule has 0 fully saturated rings. The van der Waals surface area contributed by atoms with E-state index in [0.29, 0.717) is 69.0 Å². The zero-order valence-electron chi connectivity index (χ0n) is 67.8. The second-order valence-corrected chi connectivity index (χ2v) is 41.7. The van der Waals surface area contributed by atoms with E-state index in [2.05, 4.69) is 126 Å². The first-order valence-electron chi connectivity index (χ1n) is 36.1. The van der Waals surface area contributed by atoms with E-state index in [0.717, 1.165) is 18.2 Å². The molecule has 2 aliphatic carbocycles. The quantitative estimate of drug-likeness (QED) is 0.00523. The topological polar surface area (TPSA) is 360 Å². The molecular formula is C74H121BBr2N4O23P6U+2. The van der Waals surface area contributed by atoms with Gasteiger partial charge in [0.25, 0.3) is 0 Å². The molecule has 111 heavy (non-hydrogen) atoms. The number of fused-ring (bicyclic) bond motifs is 6. The molecule has 4 aromatic carbocycles. The number of hydrogen-bond donors (Lipinski definition) is 5. The van der Waals surface area contributed by atoms with Gasteiger partial charge in [-0.2, -0.15) is 0 Å². The third kappa shape index (κ3) is 43.1. The molecule has 624 valence electrons. The Kier molecular flexibility index (Phi) is 51.6. The van der Waals surface area contributed by atoms with Crippen LogP contribution < -0.4 is 11.2 Å². The van der Waals surface area contributed by atoms with E-state index in [-0.39, 0.29) is 161 Å². The maximum Gasteiger partial charge on any atom is 0.472 e. The number of aliphatic hydroxyl groups excluding tert-OH is 1. The van der Waals surface area contributed by atoms with Gasteiger partial charge < -0.3 is 73.0 Å². The minimum absolute atomic E-state index is 0. The van der Waals surface area contributed by atoms with Crippen LogP contribution in [0.4, 0.5) is 4.79 Å². The monoisotopic (exact) mass is 2030 g/mol. The van der Waals surface area contributed by atoms with Crippen LogP contribution in [0.5, 0.6) is 0 Å². The number of nitrogens with two attached hydrogens (primary N) is 2. The fourth-order valence-corrected chi connectivity index (χ4v) is 14.6. The molecule has 2 aliphatic rings. The Morgan fingerprint density at radius 3 is 1.14 bits per heavy atom. The predicted molar refractivity (Wildman–Crippen MR) is 449 cm³/mol. The normalized spacial score (nSPS) is 15.2. The first-order valence-corrected chi connectivity index (χ1v) is 43.7. The van der Waals surface area contributed by atoms with Crippen molar-refractivity contribution in [2.75, 3.05) is 162 Å². The number of rotatable bonds is 43. The number of phosphoric ester groups is 2. The molecule has 0 aliphatic heterocycles. The van der Waals surface area contributed by atoms with E-state index in [1.54, 1.807) is 41.5 Å². The van der Waals surface area contributed by atoms with Crippen molar-refractivity contribution in [2.45, 2.75) is 112 Å². The Bertz CT molecular complexity index is 3480. The van der Waals surface area contributed by atoms with Crippen LogP contribution in [0.15, 0.2) is 97.1 Å². The minimum Gasteiger partial charge on any atom is -0.465 e. The molecule has 0 bridgehead atoms. The largest absolute Gasteiger partial charge is 0.472 e. The van der Waals surface area contributed by atoms with Crippen LogP contribution in [-0.4, -0.2) is 250 Å². The number of alkyl halides is 2. The Balaban J connectivity index is 0.00000167. The van der Waals surface area contributed by atoms with E-state index in [4.69, 9.17) is 73.7 Å². The Hall–Kier alpha value is -2.56. The van der Waals surface area contributed by atoms with Crippen molar-refractivity contribution in [2.24, 2.45) is 22.1 Å². The summed E-state index contributed by atoms with van der Waals surface area (Å²) in [7, 11) is 13.8. The molecule has 37 heteroatoms. The average Bonchev–Trinajstić information content (AvgIpc) is 1.62. The van der Waals surface area contributed by atoms with Gasteiger partial charge in [-0.3, -0.25) is 42.1 Å². The van der Waals surface area contributed by atoms with Crippen LogP contribution in [0.25, 0.3) is 22.3 Å². The van der Waals surface area contributed by atoms with E-state index in [1.807, 2.05) is 85.6 Å². The molecule has 7 N–H and O–H groups in total. The second kappa shape index (κ2) is 53.8. The Labute approximate surface area is 709 Å². The number of phosphoric acid groups is 2. The molecule has 0 heterocycles. The zero-order chi connectivity index (χ0) is 84.5. The fourth-order valence-electron chi connectivity index (χ4n) is 10.7. The average molecular weight is 2030 g/mol. The number of esters is 5. The van der Waals surface area contributed by atoms with Gasteiger partial charge in [-0.15, -0.1) is 18.5 Å². The molecule has 0 amide bonds. The molecule has 0 saturated carbocycles. The molecule has 10 unspecified atom stereocenters. The molecule has 6 rings (SSSR count). The van der Waals surface area contributed by atoms with Crippen LogP contribution >= 0.6 is 83.3 Å². The van der Waals surface area contributed by atoms with Crippen molar-refractivity contribution in [3.63, 3.8) is 0 Å². The van der Waals surface area contributed by atoms with Crippen LogP contribution in [-0.2, 0) is 89.1 Å². The molecular weight excluding hydrogens is 1910 g/mol. The summed E-state index contributed by atoms with van der Waals surface area (Å²) in [5.74, 6) is -2.45. The SMILES string of the molecule is CC(C)(CC(C)(Br)C(=O)OCCOP(=O)(O)OCC[N+](C)(C)C)C(=O)OCCOCCCC(=O)OCC1c2ccccc2-c2ccccc21.CC(C)(CC(C)(Br)C(=O)OCCOP(=O)(O)OCC[N+](C)(C)C)C(=O)OCCOCCN.CC(P)PC(=O)OCC1c2ccccc2-c2ccccc21.CC(P)PN.CO.[2H][B].[U]. The Morgan fingerprint density at radius 1 is 0.514 bits per heavy atom. The summed E-state index contributed by atoms with van der Waals surface area (Å²) in [6, 6.07) is 33.1. The number of ether oxygens (including phenoxy) is 8. The van der Waals surface area contributed by atoms with Crippen molar-refractivity contribution in [1.82, 2.24) is 0 Å². The summed E-state index contributed by atoms with van der Waals surface area (Å²) >= 11 is 6.65. The molecule has 4 aromatic rings. The predicted octanol–water partition coefficient (Wildman–Crippen LogP) is 11.6. The van der Waals surface area contributed by atoms with E-state index in [1.165, 1.54) is 33.4 Å². The van der Waals surface area contributed by atoms with Gasteiger partial charge in [0.05, 0.1) is 86.2 Å². The number of carbonyl (C=O) groups is 6. The molecule has 2 radical (unpaired) electrons. The van der Waals surface area contributed by atoms with Crippen molar-refractivity contribution in [3.8, 4) is 22.3 Å². The first-order chi connectivity index (χ1) is 51.9. The molecule has 0 aromatic heterocycles. The number of nitrogens with zero attached hydrogens (tertiary/aromatic N) is 2. The number of benzene rings is 4. The standard InChI is InChI=1S/C35H49BrNO11P.C19H38BrN2O9P.C17H18O2P2.C2H9NP2.CH4O.BH.U/c1-34(2,25-35(3,36)33(40)45-22-23-48-49(41,42)47-19-17-37(4,5)6)32(39)44-21-20-43-18-11-16-31(38)46-24-30-28-14-9-7-12-26(28)27-13-8-10-15-29(27)30;1-18(2,16(23)28-12-11-27-9-7-21)15-19(3,20)17(24)29-13-14-31-32(25,26)30-10-8-22(4,5)6;1-11(20)21-17(18)19-10-16-14-8-4-2-6-12(14)13-7-3-5-9-15(13)16;1-2(4)5-3;1-2;;/h7-10,12-15,30H,11,16-25H2,1-6H3;7-15,21H2,1-6H3;2-9,11,16,21H,10,20H2,1H3;2,5H,3-4H2,1H3;2H,1H3;1H;/p+2/i;;;;;1D;. The third-order valence-electron chi connectivity index (χ3n) is 15.9. The summed E-state index contributed by atoms with van der Waals surface area (Å²) in [6.45, 7) is 15.9. The van der Waals surface area contributed by atoms with Crippen molar-refractivity contribution in [3.05, 3.63) is 119 Å². The van der Waals surface area contributed by atoms with Gasteiger partial charge in [0.1, 0.15) is 74.6 Å². The maximum atomic E-state index is 12.8. The third-order valence-corrected chi connectivity index (χ3v) is 21.5. The molecule has 0 saturated heterocycles. The number of likely N-dealkylation sites (N-methyl/N-ethyl adjacent to an activating group) is 2. The van der Waals surface area contributed by atoms with Crippen LogP contribution in [0, 0.1) is 41.9 Å². The van der Waals surface area contributed by atoms with Gasteiger partial charge in [0.15, 0.2) is 0 Å². The van der Waals surface area contributed by atoms with Gasteiger partial charge in [-0.1, -0.05) is 152 Å². The van der Waals surface area contributed by atoms with Crippen LogP contribution in [0.2, 0.25) is 0 Å². The first kappa shape index (κ1) is 106. The summed E-state index contributed by atoms with van der Waals surface area (Å²) in [5.41, 5.74) is 18.1. The fraction of sp³-hybridized carbons (Fsp3) is 0.595. The maximum absolute atomic E-state index is 12.8. The zero-order valence-corrected chi connectivity index (χ0v) is 80.3. The van der Waals surface area contributed by atoms with Crippen molar-refractivity contribution >= 4 is 127 Å². The summed E-state index contributed by atoms with van der Waals surface area (Å²) in [5, 5.41) is 7.88. The number of halogens is 2. The smallest absolute Gasteiger partial charge is 0.465 e. The van der Waals surface area contributed by atoms with Gasteiger partial charge >= 0.3 is 51.2 Å². The number of aliphatic hydroxyl groups is 1. The van der Waals surface area contributed by atoms with Crippen molar-refractivity contribution < 1.29 is 149 Å². The van der Waals surface area contributed by atoms with Gasteiger partial charge in [0.2, 0.25) is 0 Å². The van der Waals surface area contributed by atoms with Gasteiger partial charge in [0, 0.05) is 92.0 Å². The summed E-state index contributed by atoms with van der Waals surface area (Å²) < 4.78 is 90.0. The van der Waals surface area contributed by atoms with E-state index in [9.17, 15) is 47.7 Å². The van der Waals surface area contributed by atoms with Crippen LogP contribution in [0.1, 0.15) is 115 Å². The van der Waals surface area contributed by atoms with Gasteiger partial charge in [-0.05, 0) is 112 Å². The number of hydrogen-bond acceptors (Lipinski definition) is 23. The Morgan fingerprint density at radius 2 is 0.820 bits per heavy atom. The number of quaternary nitrogens is 2. The number of carbonyl (C=O) groups excluding carboxylic acids is 6. The second-order valence-electron chi connectivity index (χ2n) is 29.1. The van der Waals surface area contributed by atoms with E-state index < -0.39 is 59.0 Å². The van der Waals surface area contributed by atoms with Crippen LogP contribution in [0.3, 0.4) is 0 Å². The van der Waals surface area contributed by atoms with Gasteiger partial charge in [-0.25, -0.2) is 13.9 Å². The molecule has 27 nitrogen and oxygen atoms in total.